The number of nitrogens with zero attached hydrogens (tertiary/aromatic N) is 2. The van der Waals surface area contributed by atoms with Gasteiger partial charge in [-0.25, -0.2) is 0 Å². The Bertz CT molecular complexity index is 418. The average Bonchev–Trinajstić information content (AvgIpc) is 2.58. The van der Waals surface area contributed by atoms with Crippen LogP contribution in [0.15, 0.2) is 4.52 Å². The van der Waals surface area contributed by atoms with Crippen LogP contribution < -0.4 is 5.32 Å². The van der Waals surface area contributed by atoms with E-state index >= 15 is 0 Å². The molecule has 2 rings (SSSR count). The maximum atomic E-state index is 11.5. The van der Waals surface area contributed by atoms with E-state index in [1.807, 2.05) is 20.8 Å². The van der Waals surface area contributed by atoms with Crippen LogP contribution in [0.3, 0.4) is 0 Å². The van der Waals surface area contributed by atoms with E-state index in [0.29, 0.717) is 18.2 Å². The molecule has 0 atom stereocenters. The maximum absolute atomic E-state index is 11.5. The van der Waals surface area contributed by atoms with Crippen molar-refractivity contribution in [3.8, 4) is 0 Å². The fourth-order valence-corrected chi connectivity index (χ4v) is 1.61. The molecule has 0 amide bonds. The third-order valence-electron chi connectivity index (χ3n) is 2.59. The van der Waals surface area contributed by atoms with Gasteiger partial charge in [-0.1, -0.05) is 5.16 Å². The Balaban J connectivity index is 1.79. The molecule has 100 valence electrons. The Hall–Kier alpha value is -1.43. The zero-order chi connectivity index (χ0) is 13.2. The number of carbonyl (C=O) groups is 1. The van der Waals surface area contributed by atoms with E-state index in [9.17, 15) is 4.79 Å². The summed E-state index contributed by atoms with van der Waals surface area (Å²) in [6, 6.07) is 0. The Kier molecular flexibility index (Phi) is 3.65. The number of ether oxygens (including phenoxy) is 1. The van der Waals surface area contributed by atoms with E-state index in [0.717, 1.165) is 18.9 Å². The quantitative estimate of drug-likeness (QED) is 0.808. The third-order valence-corrected chi connectivity index (χ3v) is 2.59. The Morgan fingerprint density at radius 3 is 2.78 bits per heavy atom. The average molecular weight is 253 g/mol. The molecule has 18 heavy (non-hydrogen) atoms. The first-order valence-corrected chi connectivity index (χ1v) is 6.19. The number of hydrogen-bond donors (Lipinski definition) is 1. The molecule has 1 aromatic heterocycles. The predicted molar refractivity (Wildman–Crippen MR) is 64.1 cm³/mol. The summed E-state index contributed by atoms with van der Waals surface area (Å²) in [5.41, 5.74) is -0.450. The second-order valence-corrected chi connectivity index (χ2v) is 5.49. The molecule has 0 aromatic carbocycles. The zero-order valence-electron chi connectivity index (χ0n) is 11.0. The summed E-state index contributed by atoms with van der Waals surface area (Å²) in [4.78, 5) is 15.8. The van der Waals surface area contributed by atoms with Crippen molar-refractivity contribution in [1.29, 1.82) is 0 Å². The second-order valence-electron chi connectivity index (χ2n) is 5.49. The first kappa shape index (κ1) is 13.0. The van der Waals surface area contributed by atoms with Crippen molar-refractivity contribution in [3.05, 3.63) is 11.7 Å². The summed E-state index contributed by atoms with van der Waals surface area (Å²) in [5, 5.41) is 7.06. The predicted octanol–water partition coefficient (Wildman–Crippen LogP) is 1.03. The largest absolute Gasteiger partial charge is 0.460 e. The highest BCUT2D eigenvalue weighted by molar-refractivity contribution is 5.70. The van der Waals surface area contributed by atoms with E-state index in [-0.39, 0.29) is 12.4 Å². The minimum Gasteiger partial charge on any atom is -0.460 e. The molecule has 0 aliphatic carbocycles. The van der Waals surface area contributed by atoms with Gasteiger partial charge in [0, 0.05) is 25.4 Å². The topological polar surface area (TPSA) is 77.2 Å². The van der Waals surface area contributed by atoms with Crippen molar-refractivity contribution < 1.29 is 14.1 Å². The van der Waals surface area contributed by atoms with E-state index in [2.05, 4.69) is 15.5 Å². The van der Waals surface area contributed by atoms with Crippen LogP contribution in [0.2, 0.25) is 0 Å². The molecular weight excluding hydrogens is 234 g/mol. The van der Waals surface area contributed by atoms with Crippen LogP contribution in [0.5, 0.6) is 0 Å². The fraction of sp³-hybridized carbons (Fsp3) is 0.750. The second kappa shape index (κ2) is 5.06. The first-order valence-electron chi connectivity index (χ1n) is 6.19. The monoisotopic (exact) mass is 253 g/mol. The minimum absolute atomic E-state index is 0.243. The molecule has 1 aromatic rings. The van der Waals surface area contributed by atoms with Crippen molar-refractivity contribution in [2.45, 2.75) is 45.1 Å². The molecule has 0 unspecified atom stereocenters. The van der Waals surface area contributed by atoms with Gasteiger partial charge in [0.1, 0.15) is 5.60 Å². The Morgan fingerprint density at radius 2 is 2.22 bits per heavy atom. The van der Waals surface area contributed by atoms with E-state index in [4.69, 9.17) is 9.26 Å². The highest BCUT2D eigenvalue weighted by Crippen LogP contribution is 2.17. The molecule has 1 aliphatic rings. The van der Waals surface area contributed by atoms with Crippen molar-refractivity contribution in [1.82, 2.24) is 15.5 Å². The SMILES string of the molecule is CC(C)(C)OC(=O)CCc1nc(C2CNC2)no1. The van der Waals surface area contributed by atoms with Gasteiger partial charge >= 0.3 is 5.97 Å². The lowest BCUT2D eigenvalue weighted by Crippen LogP contribution is -2.40. The van der Waals surface area contributed by atoms with Crippen LogP contribution in [0.25, 0.3) is 0 Å². The molecule has 0 saturated carbocycles. The van der Waals surface area contributed by atoms with Gasteiger partial charge in [0.2, 0.25) is 5.89 Å². The van der Waals surface area contributed by atoms with Gasteiger partial charge in [0.15, 0.2) is 5.82 Å². The number of hydrogen-bond acceptors (Lipinski definition) is 6. The van der Waals surface area contributed by atoms with Gasteiger partial charge in [-0.2, -0.15) is 4.98 Å². The Morgan fingerprint density at radius 1 is 1.50 bits per heavy atom. The number of rotatable bonds is 4. The molecule has 1 aliphatic heterocycles. The normalized spacial score (nSPS) is 16.4. The number of carbonyl (C=O) groups excluding carboxylic acids is 1. The van der Waals surface area contributed by atoms with Gasteiger partial charge in [0.05, 0.1) is 6.42 Å². The number of nitrogens with one attached hydrogen (secondary N) is 1. The van der Waals surface area contributed by atoms with Gasteiger partial charge < -0.3 is 14.6 Å². The van der Waals surface area contributed by atoms with Gasteiger partial charge in [-0.3, -0.25) is 4.79 Å². The van der Waals surface area contributed by atoms with Crippen molar-refractivity contribution >= 4 is 5.97 Å². The summed E-state index contributed by atoms with van der Waals surface area (Å²) >= 11 is 0. The summed E-state index contributed by atoms with van der Waals surface area (Å²) in [6.07, 6.45) is 0.698. The highest BCUT2D eigenvalue weighted by atomic mass is 16.6. The highest BCUT2D eigenvalue weighted by Gasteiger charge is 2.24. The van der Waals surface area contributed by atoms with E-state index in [1.165, 1.54) is 0 Å². The van der Waals surface area contributed by atoms with Crippen molar-refractivity contribution in [2.75, 3.05) is 13.1 Å². The van der Waals surface area contributed by atoms with Crippen LogP contribution in [0, 0.1) is 0 Å². The summed E-state index contributed by atoms with van der Waals surface area (Å²) in [5.74, 6) is 1.34. The molecule has 1 N–H and O–H groups in total. The van der Waals surface area contributed by atoms with Crippen LogP contribution in [-0.4, -0.2) is 34.8 Å². The lowest BCUT2D eigenvalue weighted by Gasteiger charge is -2.23. The van der Waals surface area contributed by atoms with Crippen molar-refractivity contribution in [2.24, 2.45) is 0 Å². The molecule has 0 spiro atoms. The number of aryl methyl sites for hydroxylation is 1. The third kappa shape index (κ3) is 3.53. The van der Waals surface area contributed by atoms with Gasteiger partial charge in [-0.15, -0.1) is 0 Å². The molecule has 6 heteroatoms. The minimum atomic E-state index is -0.450. The molecule has 1 fully saturated rings. The Labute approximate surface area is 106 Å². The van der Waals surface area contributed by atoms with E-state index < -0.39 is 5.60 Å². The molecule has 2 heterocycles. The van der Waals surface area contributed by atoms with Crippen LogP contribution in [-0.2, 0) is 16.0 Å². The molecule has 1 saturated heterocycles. The van der Waals surface area contributed by atoms with Crippen LogP contribution in [0.1, 0.15) is 44.8 Å². The molecule has 0 bridgehead atoms. The van der Waals surface area contributed by atoms with Crippen LogP contribution in [0.4, 0.5) is 0 Å². The van der Waals surface area contributed by atoms with Crippen LogP contribution >= 0.6 is 0 Å². The summed E-state index contributed by atoms with van der Waals surface area (Å²) in [7, 11) is 0. The fourth-order valence-electron chi connectivity index (χ4n) is 1.61. The molecule has 0 radical (unpaired) electrons. The number of esters is 1. The molecule has 6 nitrogen and oxygen atoms in total. The maximum Gasteiger partial charge on any atom is 0.306 e. The number of aromatic nitrogens is 2. The summed E-state index contributed by atoms with van der Waals surface area (Å²) in [6.45, 7) is 7.33. The summed E-state index contributed by atoms with van der Waals surface area (Å²) < 4.78 is 10.3. The smallest absolute Gasteiger partial charge is 0.306 e. The standard InChI is InChI=1S/C12H19N3O3/c1-12(2,3)17-10(16)5-4-9-14-11(15-18-9)8-6-13-7-8/h8,13H,4-7H2,1-3H3. The molecular formula is C12H19N3O3. The van der Waals surface area contributed by atoms with Gasteiger partial charge in [-0.05, 0) is 20.8 Å². The van der Waals surface area contributed by atoms with E-state index in [1.54, 1.807) is 0 Å². The van der Waals surface area contributed by atoms with Gasteiger partial charge in [0.25, 0.3) is 0 Å². The lowest BCUT2D eigenvalue weighted by molar-refractivity contribution is -0.154. The lowest BCUT2D eigenvalue weighted by atomic mass is 10.0. The first-order chi connectivity index (χ1) is 8.44. The zero-order valence-corrected chi connectivity index (χ0v) is 11.0. The van der Waals surface area contributed by atoms with Crippen molar-refractivity contribution in [3.63, 3.8) is 0 Å².